The first-order chi connectivity index (χ1) is 14.7. The van der Waals surface area contributed by atoms with Crippen molar-refractivity contribution in [2.75, 3.05) is 13.1 Å². The number of para-hydroxylation sites is 1. The summed E-state index contributed by atoms with van der Waals surface area (Å²) in [6.07, 6.45) is 2.04. The minimum absolute atomic E-state index is 0.180. The van der Waals surface area contributed by atoms with Crippen LogP contribution in [0.2, 0.25) is 0 Å². The van der Waals surface area contributed by atoms with Crippen molar-refractivity contribution in [2.24, 2.45) is 4.99 Å². The number of ether oxygens (including phenoxy) is 1. The highest BCUT2D eigenvalue weighted by Crippen LogP contribution is 2.18. The third-order valence-corrected chi connectivity index (χ3v) is 4.46. The van der Waals surface area contributed by atoms with Crippen LogP contribution in [0.3, 0.4) is 0 Å². The van der Waals surface area contributed by atoms with Gasteiger partial charge in [-0.25, -0.2) is 14.4 Å². The second-order valence-electron chi connectivity index (χ2n) is 6.69. The number of nitrogens with zero attached hydrogens (tertiary/aromatic N) is 3. The fourth-order valence-corrected chi connectivity index (χ4v) is 2.87. The molecule has 0 bridgehead atoms. The molecule has 0 amide bonds. The molecule has 1 atom stereocenters. The number of halogens is 1. The van der Waals surface area contributed by atoms with E-state index >= 15 is 0 Å². The predicted octanol–water partition coefficient (Wildman–Crippen LogP) is 3.52. The Hall–Kier alpha value is -3.42. The van der Waals surface area contributed by atoms with Crippen molar-refractivity contribution in [1.82, 2.24) is 25.8 Å². The van der Waals surface area contributed by atoms with Crippen LogP contribution in [-0.4, -0.2) is 40.3 Å². The molecule has 0 aliphatic carbocycles. The maximum atomic E-state index is 13.9. The number of H-pyrrole nitrogens is 1. The molecule has 0 saturated heterocycles. The van der Waals surface area contributed by atoms with Crippen LogP contribution in [-0.2, 0) is 6.54 Å². The van der Waals surface area contributed by atoms with Crippen molar-refractivity contribution in [3.8, 4) is 17.1 Å². The van der Waals surface area contributed by atoms with Crippen molar-refractivity contribution in [2.45, 2.75) is 32.9 Å². The van der Waals surface area contributed by atoms with Crippen LogP contribution in [0.25, 0.3) is 11.4 Å². The lowest BCUT2D eigenvalue weighted by Gasteiger charge is -2.20. The molecule has 158 valence electrons. The average molecular weight is 410 g/mol. The van der Waals surface area contributed by atoms with Crippen LogP contribution in [0.1, 0.15) is 25.8 Å². The summed E-state index contributed by atoms with van der Waals surface area (Å²) in [5, 5.41) is 13.3. The van der Waals surface area contributed by atoms with E-state index < -0.39 is 0 Å². The zero-order valence-electron chi connectivity index (χ0n) is 17.2. The highest BCUT2D eigenvalue weighted by Gasteiger charge is 2.12. The minimum atomic E-state index is -0.358. The Morgan fingerprint density at radius 3 is 2.77 bits per heavy atom. The zero-order valence-corrected chi connectivity index (χ0v) is 17.2. The van der Waals surface area contributed by atoms with Gasteiger partial charge in [0.2, 0.25) is 0 Å². The fourth-order valence-electron chi connectivity index (χ4n) is 2.87. The molecule has 7 nitrogen and oxygen atoms in total. The first kappa shape index (κ1) is 21.3. The molecule has 8 heteroatoms. The van der Waals surface area contributed by atoms with Crippen LogP contribution >= 0.6 is 0 Å². The number of benzene rings is 2. The van der Waals surface area contributed by atoms with E-state index in [1.807, 2.05) is 38.1 Å². The molecular formula is C22H27FN6O. The lowest BCUT2D eigenvalue weighted by atomic mass is 10.1. The van der Waals surface area contributed by atoms with Crippen molar-refractivity contribution in [3.63, 3.8) is 0 Å². The lowest BCUT2D eigenvalue weighted by Crippen LogP contribution is -2.42. The van der Waals surface area contributed by atoms with E-state index in [-0.39, 0.29) is 17.7 Å². The van der Waals surface area contributed by atoms with Gasteiger partial charge >= 0.3 is 0 Å². The van der Waals surface area contributed by atoms with Crippen molar-refractivity contribution in [1.29, 1.82) is 0 Å². The SMILES string of the molecule is CCNC(=NCc1cccc(-c2ncn[nH]2)c1)NCC(CC)Oc1ccccc1F. The Kier molecular flexibility index (Phi) is 7.77. The first-order valence-electron chi connectivity index (χ1n) is 10.1. The third kappa shape index (κ3) is 6.04. The standard InChI is InChI=1S/C22H27FN6O/c1-3-18(30-20-11-6-5-10-19(20)23)14-26-22(24-4-2)25-13-16-8-7-9-17(12-16)21-27-15-28-29-21/h5-12,15,18H,3-4,13-14H2,1-2H3,(H2,24,25,26)(H,27,28,29). The van der Waals surface area contributed by atoms with Crippen LogP contribution in [0.5, 0.6) is 5.75 Å². The Morgan fingerprint density at radius 1 is 1.17 bits per heavy atom. The van der Waals surface area contributed by atoms with Gasteiger partial charge in [0.1, 0.15) is 12.4 Å². The summed E-state index contributed by atoms with van der Waals surface area (Å²) in [4.78, 5) is 8.84. The molecule has 0 radical (unpaired) electrons. The summed E-state index contributed by atoms with van der Waals surface area (Å²) >= 11 is 0. The zero-order chi connectivity index (χ0) is 21.2. The lowest BCUT2D eigenvalue weighted by molar-refractivity contribution is 0.191. The molecule has 2 aromatic carbocycles. The predicted molar refractivity (Wildman–Crippen MR) is 116 cm³/mol. The summed E-state index contributed by atoms with van der Waals surface area (Å²) in [5.41, 5.74) is 2.01. The number of hydrogen-bond acceptors (Lipinski definition) is 4. The van der Waals surface area contributed by atoms with Gasteiger partial charge in [-0.1, -0.05) is 37.3 Å². The maximum absolute atomic E-state index is 13.9. The highest BCUT2D eigenvalue weighted by molar-refractivity contribution is 5.79. The third-order valence-electron chi connectivity index (χ3n) is 4.46. The fraction of sp³-hybridized carbons (Fsp3) is 0.318. The molecule has 3 N–H and O–H groups in total. The normalized spacial score (nSPS) is 12.4. The average Bonchev–Trinajstić information content (AvgIpc) is 3.31. The van der Waals surface area contributed by atoms with Gasteiger partial charge in [0, 0.05) is 12.1 Å². The van der Waals surface area contributed by atoms with E-state index in [0.29, 0.717) is 19.0 Å². The van der Waals surface area contributed by atoms with E-state index in [9.17, 15) is 4.39 Å². The summed E-state index contributed by atoms with van der Waals surface area (Å²) < 4.78 is 19.7. The number of aliphatic imine (C=N–C) groups is 1. The summed E-state index contributed by atoms with van der Waals surface area (Å²) in [6, 6.07) is 14.4. The van der Waals surface area contributed by atoms with E-state index in [1.165, 1.54) is 12.4 Å². The molecule has 0 aliphatic rings. The van der Waals surface area contributed by atoms with Gasteiger partial charge < -0.3 is 15.4 Å². The van der Waals surface area contributed by atoms with Gasteiger partial charge in [-0.05, 0) is 37.1 Å². The van der Waals surface area contributed by atoms with Crippen molar-refractivity contribution >= 4 is 5.96 Å². The number of aromatic amines is 1. The molecule has 3 aromatic rings. The van der Waals surface area contributed by atoms with Crippen LogP contribution < -0.4 is 15.4 Å². The van der Waals surface area contributed by atoms with Crippen molar-refractivity contribution < 1.29 is 9.13 Å². The Labute approximate surface area is 175 Å². The van der Waals surface area contributed by atoms with E-state index in [0.717, 1.165) is 29.9 Å². The number of hydrogen-bond donors (Lipinski definition) is 3. The number of guanidine groups is 1. The van der Waals surface area contributed by atoms with Gasteiger partial charge in [0.15, 0.2) is 23.4 Å². The molecule has 1 unspecified atom stereocenters. The second-order valence-corrected chi connectivity index (χ2v) is 6.69. The van der Waals surface area contributed by atoms with Gasteiger partial charge in [0.25, 0.3) is 0 Å². The summed E-state index contributed by atoms with van der Waals surface area (Å²) in [7, 11) is 0. The van der Waals surface area contributed by atoms with Crippen LogP contribution in [0.4, 0.5) is 4.39 Å². The van der Waals surface area contributed by atoms with Gasteiger partial charge in [0.05, 0.1) is 13.1 Å². The quantitative estimate of drug-likeness (QED) is 0.371. The van der Waals surface area contributed by atoms with Crippen molar-refractivity contribution in [3.05, 3.63) is 66.2 Å². The second kappa shape index (κ2) is 10.9. The van der Waals surface area contributed by atoms with Gasteiger partial charge in [-0.15, -0.1) is 0 Å². The molecule has 1 heterocycles. The Balaban J connectivity index is 1.61. The number of nitrogens with one attached hydrogen (secondary N) is 3. The van der Waals surface area contributed by atoms with Crippen LogP contribution in [0.15, 0.2) is 59.9 Å². The largest absolute Gasteiger partial charge is 0.486 e. The van der Waals surface area contributed by atoms with Gasteiger partial charge in [-0.2, -0.15) is 5.10 Å². The summed E-state index contributed by atoms with van der Waals surface area (Å²) in [5.74, 6) is 1.31. The molecule has 0 fully saturated rings. The number of aromatic nitrogens is 3. The molecular weight excluding hydrogens is 383 g/mol. The highest BCUT2D eigenvalue weighted by atomic mass is 19.1. The molecule has 3 rings (SSSR count). The molecule has 0 spiro atoms. The smallest absolute Gasteiger partial charge is 0.191 e. The number of rotatable bonds is 9. The monoisotopic (exact) mass is 410 g/mol. The Morgan fingerprint density at radius 2 is 2.03 bits per heavy atom. The summed E-state index contributed by atoms with van der Waals surface area (Å²) in [6.45, 7) is 5.76. The van der Waals surface area contributed by atoms with Gasteiger partial charge in [-0.3, -0.25) is 5.10 Å². The maximum Gasteiger partial charge on any atom is 0.191 e. The minimum Gasteiger partial charge on any atom is -0.486 e. The molecule has 1 aromatic heterocycles. The van der Waals surface area contributed by atoms with E-state index in [4.69, 9.17) is 4.74 Å². The molecule has 30 heavy (non-hydrogen) atoms. The molecule has 0 aliphatic heterocycles. The first-order valence-corrected chi connectivity index (χ1v) is 10.1. The molecule has 0 saturated carbocycles. The van der Waals surface area contributed by atoms with E-state index in [2.05, 4.69) is 30.8 Å². The topological polar surface area (TPSA) is 87.2 Å². The van der Waals surface area contributed by atoms with E-state index in [1.54, 1.807) is 18.2 Å². The Bertz CT molecular complexity index is 944. The van der Waals surface area contributed by atoms with Crippen LogP contribution in [0, 0.1) is 5.82 Å².